The molecule has 3 heterocycles. The Morgan fingerprint density at radius 3 is 2.61 bits per heavy atom. The van der Waals surface area contributed by atoms with Gasteiger partial charge in [-0.2, -0.15) is 11.3 Å². The molecule has 9 heteroatoms. The minimum atomic E-state index is -0.736. The molecule has 0 radical (unpaired) electrons. The van der Waals surface area contributed by atoms with E-state index in [1.807, 2.05) is 31.4 Å². The van der Waals surface area contributed by atoms with Crippen LogP contribution in [0.4, 0.5) is 0 Å². The Balaban J connectivity index is 1.56. The van der Waals surface area contributed by atoms with E-state index in [-0.39, 0.29) is 30.2 Å². The highest BCUT2D eigenvalue weighted by Gasteiger charge is 2.46. The number of likely N-dealkylation sites (tertiary alicyclic amines) is 1. The van der Waals surface area contributed by atoms with Gasteiger partial charge in [-0.05, 0) is 60.2 Å². The van der Waals surface area contributed by atoms with Crippen molar-refractivity contribution in [3.63, 3.8) is 0 Å². The van der Waals surface area contributed by atoms with Crippen LogP contribution in [0.1, 0.15) is 36.5 Å². The number of thiophene rings is 1. The number of hydrogen-bond donors (Lipinski definition) is 3. The van der Waals surface area contributed by atoms with Crippen molar-refractivity contribution in [2.45, 2.75) is 32.7 Å². The number of amides is 2. The summed E-state index contributed by atoms with van der Waals surface area (Å²) >= 11 is 1.66. The Bertz CT molecular complexity index is 1120. The van der Waals surface area contributed by atoms with Crippen LogP contribution in [-0.4, -0.2) is 51.0 Å². The van der Waals surface area contributed by atoms with Crippen molar-refractivity contribution >= 4 is 23.2 Å². The van der Waals surface area contributed by atoms with E-state index in [0.29, 0.717) is 19.4 Å². The maximum absolute atomic E-state index is 13.2. The van der Waals surface area contributed by atoms with Crippen molar-refractivity contribution in [1.82, 2.24) is 25.4 Å². The molecule has 1 unspecified atom stereocenters. The number of benzene rings is 1. The van der Waals surface area contributed by atoms with Gasteiger partial charge in [0, 0.05) is 19.1 Å². The van der Waals surface area contributed by atoms with Crippen LogP contribution in [0.2, 0.25) is 0 Å². The van der Waals surface area contributed by atoms with Crippen LogP contribution < -0.4 is 11.0 Å². The quantitative estimate of drug-likeness (QED) is 0.548. The Morgan fingerprint density at radius 2 is 2.00 bits per heavy atom. The van der Waals surface area contributed by atoms with Crippen LogP contribution in [0.5, 0.6) is 0 Å². The Labute approximate surface area is 183 Å². The third-order valence-corrected chi connectivity index (χ3v) is 6.28. The topological polar surface area (TPSA) is 111 Å². The van der Waals surface area contributed by atoms with Crippen LogP contribution in [-0.2, 0) is 11.2 Å². The van der Waals surface area contributed by atoms with Gasteiger partial charge in [0.1, 0.15) is 0 Å². The molecule has 162 valence electrons. The fourth-order valence-electron chi connectivity index (χ4n) is 4.03. The highest BCUT2D eigenvalue weighted by atomic mass is 32.1. The lowest BCUT2D eigenvalue weighted by Gasteiger charge is -2.29. The van der Waals surface area contributed by atoms with Gasteiger partial charge < -0.3 is 10.2 Å². The molecular formula is C22H25N5O3S. The Kier molecular flexibility index (Phi) is 5.77. The normalized spacial score (nSPS) is 18.5. The molecule has 3 N–H and O–H groups in total. The molecule has 0 saturated carbocycles. The molecule has 1 saturated heterocycles. The molecule has 8 nitrogen and oxygen atoms in total. The first-order valence-electron chi connectivity index (χ1n) is 10.2. The molecule has 1 atom stereocenters. The minimum Gasteiger partial charge on any atom is -0.353 e. The number of H-pyrrole nitrogens is 2. The summed E-state index contributed by atoms with van der Waals surface area (Å²) in [7, 11) is 0. The lowest BCUT2D eigenvalue weighted by Crippen LogP contribution is -2.47. The molecule has 31 heavy (non-hydrogen) atoms. The zero-order valence-corrected chi connectivity index (χ0v) is 18.3. The number of rotatable bonds is 6. The van der Waals surface area contributed by atoms with Gasteiger partial charge in [-0.3, -0.25) is 14.6 Å². The zero-order chi connectivity index (χ0) is 22.0. The Hall–Kier alpha value is -3.20. The van der Waals surface area contributed by atoms with Crippen LogP contribution in [0.25, 0.3) is 11.1 Å². The van der Waals surface area contributed by atoms with E-state index in [1.54, 1.807) is 16.2 Å². The van der Waals surface area contributed by atoms with Crippen LogP contribution >= 0.6 is 11.3 Å². The average molecular weight is 440 g/mol. The zero-order valence-electron chi connectivity index (χ0n) is 17.5. The van der Waals surface area contributed by atoms with Crippen molar-refractivity contribution in [2.75, 3.05) is 13.1 Å². The van der Waals surface area contributed by atoms with E-state index in [0.717, 1.165) is 11.1 Å². The molecule has 0 bridgehead atoms. The van der Waals surface area contributed by atoms with Gasteiger partial charge in [0.25, 0.3) is 5.91 Å². The third kappa shape index (κ3) is 4.46. The summed E-state index contributed by atoms with van der Waals surface area (Å²) in [5.74, 6) is -0.481. The fourth-order valence-corrected chi connectivity index (χ4v) is 4.69. The second-order valence-electron chi connectivity index (χ2n) is 8.30. The first-order chi connectivity index (χ1) is 14.9. The smallest absolute Gasteiger partial charge is 0.341 e. The summed E-state index contributed by atoms with van der Waals surface area (Å²) in [6.45, 7) is 4.54. The minimum absolute atomic E-state index is 0.00205. The Morgan fingerprint density at radius 1 is 1.23 bits per heavy atom. The lowest BCUT2D eigenvalue weighted by molar-refractivity contribution is -0.130. The van der Waals surface area contributed by atoms with Gasteiger partial charge in [-0.25, -0.2) is 9.89 Å². The summed E-state index contributed by atoms with van der Waals surface area (Å²) in [4.78, 5) is 41.3. The van der Waals surface area contributed by atoms with E-state index in [2.05, 4.69) is 44.1 Å². The van der Waals surface area contributed by atoms with E-state index in [9.17, 15) is 14.4 Å². The first kappa shape index (κ1) is 21.0. The molecule has 0 aliphatic carbocycles. The number of nitrogens with one attached hydrogen (secondary N) is 3. The molecule has 1 aliphatic heterocycles. The largest absolute Gasteiger partial charge is 0.353 e. The summed E-state index contributed by atoms with van der Waals surface area (Å²) in [5.41, 5.74) is 2.09. The second kappa shape index (κ2) is 8.50. The summed E-state index contributed by atoms with van der Waals surface area (Å²) in [5, 5.41) is 13.1. The van der Waals surface area contributed by atoms with Crippen LogP contribution in [0.3, 0.4) is 0 Å². The van der Waals surface area contributed by atoms with Crippen molar-refractivity contribution < 1.29 is 9.59 Å². The predicted molar refractivity (Wildman–Crippen MR) is 119 cm³/mol. The molecule has 0 spiro atoms. The molecule has 3 aromatic rings. The van der Waals surface area contributed by atoms with E-state index in [1.165, 1.54) is 5.56 Å². The summed E-state index contributed by atoms with van der Waals surface area (Å²) < 4.78 is 0. The number of carbonyl (C=O) groups is 2. The lowest BCUT2D eigenvalue weighted by atomic mass is 9.79. The molecule has 4 rings (SSSR count). The average Bonchev–Trinajstić information content (AvgIpc) is 3.49. The standard InChI is InChI=1S/C22H25N5O3S/c1-14(2)23-20(29)22(8-9-27(13-22)19(28)18-24-21(30)26-25-18)11-15-3-5-16(6-4-15)17-7-10-31-12-17/h3-7,10,12,14H,8-9,11,13H2,1-2H3,(H,23,29)(H2,24,25,26,30). The van der Waals surface area contributed by atoms with E-state index >= 15 is 0 Å². The van der Waals surface area contributed by atoms with Gasteiger partial charge in [-0.15, -0.1) is 5.10 Å². The van der Waals surface area contributed by atoms with E-state index < -0.39 is 11.1 Å². The SMILES string of the molecule is CC(C)NC(=O)C1(Cc2ccc(-c3ccsc3)cc2)CCN(C(=O)c2n[nH]c(=O)[nH]2)C1. The number of aromatic amines is 2. The number of aromatic nitrogens is 3. The molecule has 2 aromatic heterocycles. The molecule has 1 aromatic carbocycles. The summed E-state index contributed by atoms with van der Waals surface area (Å²) in [6.07, 6.45) is 1.06. The maximum atomic E-state index is 13.2. The highest BCUT2D eigenvalue weighted by molar-refractivity contribution is 7.08. The molecular weight excluding hydrogens is 414 g/mol. The van der Waals surface area contributed by atoms with Crippen LogP contribution in [0, 0.1) is 5.41 Å². The van der Waals surface area contributed by atoms with Crippen molar-refractivity contribution in [3.05, 3.63) is 63.0 Å². The van der Waals surface area contributed by atoms with Crippen LogP contribution in [0.15, 0.2) is 45.9 Å². The van der Waals surface area contributed by atoms with Gasteiger partial charge in [0.2, 0.25) is 11.7 Å². The third-order valence-electron chi connectivity index (χ3n) is 5.60. The number of carbonyl (C=O) groups excluding carboxylic acids is 2. The number of hydrogen-bond acceptors (Lipinski definition) is 5. The van der Waals surface area contributed by atoms with Crippen molar-refractivity contribution in [3.8, 4) is 11.1 Å². The van der Waals surface area contributed by atoms with Gasteiger partial charge in [0.05, 0.1) is 5.41 Å². The summed E-state index contributed by atoms with van der Waals surface area (Å²) in [6, 6.07) is 10.3. The monoisotopic (exact) mass is 439 g/mol. The van der Waals surface area contributed by atoms with Crippen molar-refractivity contribution in [1.29, 1.82) is 0 Å². The highest BCUT2D eigenvalue weighted by Crippen LogP contribution is 2.36. The van der Waals surface area contributed by atoms with E-state index in [4.69, 9.17) is 0 Å². The first-order valence-corrected chi connectivity index (χ1v) is 11.2. The number of nitrogens with zero attached hydrogens (tertiary/aromatic N) is 2. The van der Waals surface area contributed by atoms with Gasteiger partial charge in [0.15, 0.2) is 0 Å². The fraction of sp³-hybridized carbons (Fsp3) is 0.364. The van der Waals surface area contributed by atoms with Gasteiger partial charge in [-0.1, -0.05) is 24.3 Å². The van der Waals surface area contributed by atoms with Gasteiger partial charge >= 0.3 is 5.69 Å². The molecule has 2 amide bonds. The molecule has 1 fully saturated rings. The van der Waals surface area contributed by atoms with Crippen molar-refractivity contribution in [2.24, 2.45) is 5.41 Å². The molecule has 1 aliphatic rings. The predicted octanol–water partition coefficient (Wildman–Crippen LogP) is 2.43. The maximum Gasteiger partial charge on any atom is 0.341 e. The second-order valence-corrected chi connectivity index (χ2v) is 9.08.